The molecular formula is C15H12BrNO. The van der Waals surface area contributed by atoms with Gasteiger partial charge in [0.25, 0.3) is 5.91 Å². The van der Waals surface area contributed by atoms with Crippen molar-refractivity contribution in [3.8, 4) is 0 Å². The maximum atomic E-state index is 12.2. The van der Waals surface area contributed by atoms with Gasteiger partial charge in [0.05, 0.1) is 0 Å². The van der Waals surface area contributed by atoms with E-state index in [2.05, 4.69) is 15.9 Å². The largest absolute Gasteiger partial charge is 0.330 e. The maximum Gasteiger partial charge on any atom is 0.254 e. The summed E-state index contributed by atoms with van der Waals surface area (Å²) in [7, 11) is 0. The van der Waals surface area contributed by atoms with Gasteiger partial charge in [-0.15, -0.1) is 0 Å². The zero-order valence-electron chi connectivity index (χ0n) is 9.77. The zero-order chi connectivity index (χ0) is 12.5. The molecule has 0 saturated heterocycles. The predicted octanol–water partition coefficient (Wildman–Crippen LogP) is 3.61. The first-order valence-electron chi connectivity index (χ1n) is 5.85. The molecule has 1 heterocycles. The highest BCUT2D eigenvalue weighted by Crippen LogP contribution is 2.24. The minimum atomic E-state index is 0.133. The Balaban J connectivity index is 1.81. The Hall–Kier alpha value is -1.61. The third-order valence-electron chi connectivity index (χ3n) is 3.18. The second-order valence-corrected chi connectivity index (χ2v) is 5.36. The molecule has 90 valence electrons. The van der Waals surface area contributed by atoms with Gasteiger partial charge in [0, 0.05) is 23.1 Å². The molecule has 0 fully saturated rings. The van der Waals surface area contributed by atoms with E-state index in [1.165, 1.54) is 0 Å². The minimum Gasteiger partial charge on any atom is -0.330 e. The summed E-state index contributed by atoms with van der Waals surface area (Å²) in [6.45, 7) is 1.38. The van der Waals surface area contributed by atoms with Crippen molar-refractivity contribution < 1.29 is 4.79 Å². The molecule has 2 aromatic carbocycles. The molecule has 0 spiro atoms. The van der Waals surface area contributed by atoms with E-state index < -0.39 is 0 Å². The number of benzene rings is 2. The lowest BCUT2D eigenvalue weighted by atomic mass is 10.1. The number of nitrogens with zero attached hydrogens (tertiary/aromatic N) is 1. The lowest BCUT2D eigenvalue weighted by Gasteiger charge is -2.15. The van der Waals surface area contributed by atoms with Crippen molar-refractivity contribution in [2.75, 3.05) is 0 Å². The lowest BCUT2D eigenvalue weighted by molar-refractivity contribution is 0.0766. The van der Waals surface area contributed by atoms with Crippen LogP contribution in [-0.4, -0.2) is 10.8 Å². The summed E-state index contributed by atoms with van der Waals surface area (Å²) in [6.07, 6.45) is 0. The van der Waals surface area contributed by atoms with Crippen LogP contribution in [0.4, 0.5) is 0 Å². The highest BCUT2D eigenvalue weighted by atomic mass is 79.9. The third-order valence-corrected chi connectivity index (χ3v) is 3.71. The van der Waals surface area contributed by atoms with Gasteiger partial charge in [-0.05, 0) is 29.3 Å². The van der Waals surface area contributed by atoms with Crippen LogP contribution in [0.2, 0.25) is 0 Å². The summed E-state index contributed by atoms with van der Waals surface area (Å²) < 4.78 is 1.06. The molecule has 0 atom stereocenters. The van der Waals surface area contributed by atoms with Gasteiger partial charge in [0.2, 0.25) is 0 Å². The standard InChI is InChI=1S/C15H12BrNO/c16-13-7-5-11(6-8-13)9-17-10-12-3-1-2-4-14(12)15(17)18/h1-8H,9-10H2. The van der Waals surface area contributed by atoms with Crippen LogP contribution in [0.1, 0.15) is 21.5 Å². The van der Waals surface area contributed by atoms with Crippen molar-refractivity contribution in [2.24, 2.45) is 0 Å². The molecule has 0 aliphatic carbocycles. The molecular weight excluding hydrogens is 290 g/mol. The second-order valence-electron chi connectivity index (χ2n) is 4.44. The number of halogens is 1. The van der Waals surface area contributed by atoms with Gasteiger partial charge in [-0.2, -0.15) is 0 Å². The summed E-state index contributed by atoms with van der Waals surface area (Å²) >= 11 is 3.41. The molecule has 0 N–H and O–H groups in total. The average molecular weight is 302 g/mol. The van der Waals surface area contributed by atoms with Crippen LogP contribution in [0.15, 0.2) is 53.0 Å². The SMILES string of the molecule is O=C1c2ccccc2CN1Cc1ccc(Br)cc1. The van der Waals surface area contributed by atoms with Crippen molar-refractivity contribution >= 4 is 21.8 Å². The first-order chi connectivity index (χ1) is 8.74. The first kappa shape index (κ1) is 11.5. The van der Waals surface area contributed by atoms with Crippen LogP contribution in [0, 0.1) is 0 Å². The van der Waals surface area contributed by atoms with Crippen LogP contribution in [0.5, 0.6) is 0 Å². The number of carbonyl (C=O) groups is 1. The van der Waals surface area contributed by atoms with E-state index >= 15 is 0 Å². The van der Waals surface area contributed by atoms with Crippen LogP contribution in [0.3, 0.4) is 0 Å². The highest BCUT2D eigenvalue weighted by molar-refractivity contribution is 9.10. The van der Waals surface area contributed by atoms with E-state index in [1.807, 2.05) is 53.4 Å². The van der Waals surface area contributed by atoms with E-state index in [-0.39, 0.29) is 5.91 Å². The van der Waals surface area contributed by atoms with Gasteiger partial charge in [-0.1, -0.05) is 46.3 Å². The Morgan fingerprint density at radius 3 is 2.50 bits per heavy atom. The molecule has 3 rings (SSSR count). The summed E-state index contributed by atoms with van der Waals surface area (Å²) in [5, 5.41) is 0. The smallest absolute Gasteiger partial charge is 0.254 e. The molecule has 3 heteroatoms. The van der Waals surface area contributed by atoms with Crippen LogP contribution < -0.4 is 0 Å². The molecule has 0 saturated carbocycles. The molecule has 1 amide bonds. The number of hydrogen-bond acceptors (Lipinski definition) is 1. The minimum absolute atomic E-state index is 0.133. The Morgan fingerprint density at radius 2 is 1.78 bits per heavy atom. The van der Waals surface area contributed by atoms with Crippen molar-refractivity contribution in [3.63, 3.8) is 0 Å². The van der Waals surface area contributed by atoms with Crippen molar-refractivity contribution in [2.45, 2.75) is 13.1 Å². The molecule has 18 heavy (non-hydrogen) atoms. The molecule has 2 nitrogen and oxygen atoms in total. The van der Waals surface area contributed by atoms with Crippen LogP contribution >= 0.6 is 15.9 Å². The molecule has 0 bridgehead atoms. The first-order valence-corrected chi connectivity index (χ1v) is 6.65. The third kappa shape index (κ3) is 2.06. The Morgan fingerprint density at radius 1 is 1.06 bits per heavy atom. The van der Waals surface area contributed by atoms with Crippen molar-refractivity contribution in [1.29, 1.82) is 0 Å². The van der Waals surface area contributed by atoms with Crippen molar-refractivity contribution in [1.82, 2.24) is 4.90 Å². The van der Waals surface area contributed by atoms with Crippen LogP contribution in [0.25, 0.3) is 0 Å². The summed E-state index contributed by atoms with van der Waals surface area (Å²) in [5.74, 6) is 0.133. The molecule has 0 aromatic heterocycles. The maximum absolute atomic E-state index is 12.2. The Bertz CT molecular complexity index is 592. The number of hydrogen-bond donors (Lipinski definition) is 0. The van der Waals surface area contributed by atoms with Gasteiger partial charge >= 0.3 is 0 Å². The molecule has 2 aromatic rings. The summed E-state index contributed by atoms with van der Waals surface area (Å²) in [6, 6.07) is 15.9. The predicted molar refractivity (Wildman–Crippen MR) is 74.2 cm³/mol. The molecule has 1 aliphatic rings. The number of fused-ring (bicyclic) bond motifs is 1. The Labute approximate surface area is 114 Å². The fourth-order valence-corrected chi connectivity index (χ4v) is 2.52. The van der Waals surface area contributed by atoms with E-state index in [0.29, 0.717) is 13.1 Å². The molecule has 1 aliphatic heterocycles. The highest BCUT2D eigenvalue weighted by Gasteiger charge is 2.26. The normalized spacial score (nSPS) is 13.8. The fraction of sp³-hybridized carbons (Fsp3) is 0.133. The second kappa shape index (κ2) is 4.58. The van der Waals surface area contributed by atoms with Gasteiger partial charge in [0.15, 0.2) is 0 Å². The van der Waals surface area contributed by atoms with Crippen LogP contribution in [-0.2, 0) is 13.1 Å². The number of amides is 1. The summed E-state index contributed by atoms with van der Waals surface area (Å²) in [5.41, 5.74) is 3.12. The Kier molecular flexibility index (Phi) is 2.92. The fourth-order valence-electron chi connectivity index (χ4n) is 2.25. The number of carbonyl (C=O) groups excluding carboxylic acids is 1. The topological polar surface area (TPSA) is 20.3 Å². The average Bonchev–Trinajstić information content (AvgIpc) is 2.70. The number of rotatable bonds is 2. The van der Waals surface area contributed by atoms with E-state index in [4.69, 9.17) is 0 Å². The van der Waals surface area contributed by atoms with E-state index in [0.717, 1.165) is 21.2 Å². The zero-order valence-corrected chi connectivity index (χ0v) is 11.4. The van der Waals surface area contributed by atoms with Crippen molar-refractivity contribution in [3.05, 3.63) is 69.7 Å². The lowest BCUT2D eigenvalue weighted by Crippen LogP contribution is -2.23. The van der Waals surface area contributed by atoms with Gasteiger partial charge in [0.1, 0.15) is 0 Å². The van der Waals surface area contributed by atoms with E-state index in [9.17, 15) is 4.79 Å². The van der Waals surface area contributed by atoms with Gasteiger partial charge in [-0.25, -0.2) is 0 Å². The molecule has 0 unspecified atom stereocenters. The van der Waals surface area contributed by atoms with Gasteiger partial charge in [-0.3, -0.25) is 4.79 Å². The summed E-state index contributed by atoms with van der Waals surface area (Å²) in [4.78, 5) is 14.1. The molecule has 0 radical (unpaired) electrons. The van der Waals surface area contributed by atoms with Gasteiger partial charge < -0.3 is 4.90 Å². The monoisotopic (exact) mass is 301 g/mol. The quantitative estimate of drug-likeness (QED) is 0.830. The van der Waals surface area contributed by atoms with E-state index in [1.54, 1.807) is 0 Å².